The van der Waals surface area contributed by atoms with Crippen LogP contribution in [0.2, 0.25) is 0 Å². The summed E-state index contributed by atoms with van der Waals surface area (Å²) < 4.78 is 5.40. The van der Waals surface area contributed by atoms with Crippen LogP contribution >= 0.6 is 0 Å². The SMILES string of the molecule is CCCOCCCCC(C)CC. The third-order valence-electron chi connectivity index (χ3n) is 2.28. The van der Waals surface area contributed by atoms with Crippen molar-refractivity contribution >= 4 is 0 Å². The highest BCUT2D eigenvalue weighted by Crippen LogP contribution is 2.10. The second kappa shape index (κ2) is 9.05. The normalized spacial score (nSPS) is 13.2. The zero-order valence-electron chi connectivity index (χ0n) is 8.94. The van der Waals surface area contributed by atoms with Gasteiger partial charge in [-0.1, -0.05) is 40.0 Å². The molecule has 1 atom stereocenters. The van der Waals surface area contributed by atoms with Gasteiger partial charge in [-0.25, -0.2) is 0 Å². The highest BCUT2D eigenvalue weighted by molar-refractivity contribution is 4.50. The number of unbranched alkanes of at least 4 members (excludes halogenated alkanes) is 1. The Balaban J connectivity index is 2.90. The van der Waals surface area contributed by atoms with Crippen LogP contribution in [0.25, 0.3) is 0 Å². The Bertz CT molecular complexity index is 81.1. The fourth-order valence-corrected chi connectivity index (χ4v) is 1.15. The molecule has 0 N–H and O–H groups in total. The first-order valence-corrected chi connectivity index (χ1v) is 5.39. The first-order chi connectivity index (χ1) is 5.81. The molecular weight excluding hydrogens is 148 g/mol. The van der Waals surface area contributed by atoms with Crippen molar-refractivity contribution in [2.45, 2.75) is 52.9 Å². The van der Waals surface area contributed by atoms with Crippen LogP contribution in [-0.2, 0) is 4.74 Å². The van der Waals surface area contributed by atoms with Gasteiger partial charge in [0.25, 0.3) is 0 Å². The van der Waals surface area contributed by atoms with Crippen LogP contribution in [0.15, 0.2) is 0 Å². The molecule has 0 saturated heterocycles. The van der Waals surface area contributed by atoms with Crippen molar-refractivity contribution in [1.82, 2.24) is 0 Å². The van der Waals surface area contributed by atoms with Gasteiger partial charge in [0.05, 0.1) is 0 Å². The van der Waals surface area contributed by atoms with Crippen LogP contribution in [0.4, 0.5) is 0 Å². The van der Waals surface area contributed by atoms with E-state index in [-0.39, 0.29) is 0 Å². The number of hydrogen-bond acceptors (Lipinski definition) is 1. The summed E-state index contributed by atoms with van der Waals surface area (Å²) in [6.07, 6.45) is 6.40. The number of hydrogen-bond donors (Lipinski definition) is 0. The molecule has 0 spiro atoms. The van der Waals surface area contributed by atoms with Crippen molar-refractivity contribution in [2.75, 3.05) is 13.2 Å². The molecular formula is C11H24O. The highest BCUT2D eigenvalue weighted by Gasteiger charge is 1.97. The van der Waals surface area contributed by atoms with E-state index < -0.39 is 0 Å². The Morgan fingerprint density at radius 3 is 2.42 bits per heavy atom. The zero-order valence-corrected chi connectivity index (χ0v) is 8.94. The van der Waals surface area contributed by atoms with Crippen LogP contribution in [0.3, 0.4) is 0 Å². The van der Waals surface area contributed by atoms with E-state index in [1.807, 2.05) is 0 Å². The molecule has 0 aliphatic carbocycles. The minimum Gasteiger partial charge on any atom is -0.381 e. The van der Waals surface area contributed by atoms with E-state index in [0.717, 1.165) is 25.6 Å². The third-order valence-corrected chi connectivity index (χ3v) is 2.28. The smallest absolute Gasteiger partial charge is 0.0466 e. The van der Waals surface area contributed by atoms with Crippen LogP contribution in [0.1, 0.15) is 52.9 Å². The molecule has 0 saturated carbocycles. The van der Waals surface area contributed by atoms with Gasteiger partial charge in [-0.05, 0) is 18.8 Å². The molecule has 0 radical (unpaired) electrons. The minimum absolute atomic E-state index is 0.899. The Kier molecular flexibility index (Phi) is 9.02. The molecule has 0 aliphatic heterocycles. The second-order valence-electron chi connectivity index (χ2n) is 3.62. The van der Waals surface area contributed by atoms with Crippen molar-refractivity contribution in [2.24, 2.45) is 5.92 Å². The van der Waals surface area contributed by atoms with Gasteiger partial charge in [0.1, 0.15) is 0 Å². The molecule has 0 fully saturated rings. The van der Waals surface area contributed by atoms with Gasteiger partial charge >= 0.3 is 0 Å². The van der Waals surface area contributed by atoms with Crippen LogP contribution < -0.4 is 0 Å². The molecule has 0 aromatic rings. The maximum atomic E-state index is 5.40. The van der Waals surface area contributed by atoms with Gasteiger partial charge in [0.15, 0.2) is 0 Å². The third kappa shape index (κ3) is 8.06. The largest absolute Gasteiger partial charge is 0.381 e. The lowest BCUT2D eigenvalue weighted by Crippen LogP contribution is -1.97. The van der Waals surface area contributed by atoms with Gasteiger partial charge in [-0.3, -0.25) is 0 Å². The number of ether oxygens (including phenoxy) is 1. The first kappa shape index (κ1) is 12.0. The molecule has 1 unspecified atom stereocenters. The van der Waals surface area contributed by atoms with Crippen LogP contribution in [-0.4, -0.2) is 13.2 Å². The van der Waals surface area contributed by atoms with Crippen molar-refractivity contribution in [3.63, 3.8) is 0 Å². The fourth-order valence-electron chi connectivity index (χ4n) is 1.15. The Hall–Kier alpha value is -0.0400. The van der Waals surface area contributed by atoms with Crippen LogP contribution in [0.5, 0.6) is 0 Å². The standard InChI is InChI=1S/C11H24O/c1-4-9-12-10-7-6-8-11(3)5-2/h11H,4-10H2,1-3H3. The number of rotatable bonds is 8. The summed E-state index contributed by atoms with van der Waals surface area (Å²) in [6.45, 7) is 8.64. The van der Waals surface area contributed by atoms with E-state index in [2.05, 4.69) is 20.8 Å². The summed E-state index contributed by atoms with van der Waals surface area (Å²) in [4.78, 5) is 0. The van der Waals surface area contributed by atoms with E-state index in [9.17, 15) is 0 Å². The molecule has 0 aromatic carbocycles. The lowest BCUT2D eigenvalue weighted by molar-refractivity contribution is 0.129. The minimum atomic E-state index is 0.899. The van der Waals surface area contributed by atoms with Gasteiger partial charge < -0.3 is 4.74 Å². The van der Waals surface area contributed by atoms with E-state index in [0.29, 0.717) is 0 Å². The summed E-state index contributed by atoms with van der Waals surface area (Å²) in [5, 5.41) is 0. The quantitative estimate of drug-likeness (QED) is 0.508. The van der Waals surface area contributed by atoms with Crippen molar-refractivity contribution in [1.29, 1.82) is 0 Å². The topological polar surface area (TPSA) is 9.23 Å². The monoisotopic (exact) mass is 172 g/mol. The predicted octanol–water partition coefficient (Wildman–Crippen LogP) is 3.63. The summed E-state index contributed by atoms with van der Waals surface area (Å²) >= 11 is 0. The van der Waals surface area contributed by atoms with Gasteiger partial charge in [0, 0.05) is 13.2 Å². The Labute approximate surface area is 77.5 Å². The van der Waals surface area contributed by atoms with E-state index in [1.54, 1.807) is 0 Å². The summed E-state index contributed by atoms with van der Waals surface area (Å²) in [6, 6.07) is 0. The van der Waals surface area contributed by atoms with Crippen LogP contribution in [0, 0.1) is 5.92 Å². The Morgan fingerprint density at radius 1 is 1.08 bits per heavy atom. The van der Waals surface area contributed by atoms with E-state index in [1.165, 1.54) is 25.7 Å². The van der Waals surface area contributed by atoms with Gasteiger partial charge in [0.2, 0.25) is 0 Å². The van der Waals surface area contributed by atoms with Gasteiger partial charge in [-0.2, -0.15) is 0 Å². The average Bonchev–Trinajstić information content (AvgIpc) is 2.10. The lowest BCUT2D eigenvalue weighted by Gasteiger charge is -2.07. The summed E-state index contributed by atoms with van der Waals surface area (Å²) in [7, 11) is 0. The van der Waals surface area contributed by atoms with Gasteiger partial charge in [-0.15, -0.1) is 0 Å². The van der Waals surface area contributed by atoms with Crippen molar-refractivity contribution in [3.8, 4) is 0 Å². The molecule has 74 valence electrons. The maximum Gasteiger partial charge on any atom is 0.0466 e. The molecule has 0 rings (SSSR count). The molecule has 0 aromatic heterocycles. The molecule has 0 heterocycles. The zero-order chi connectivity index (χ0) is 9.23. The van der Waals surface area contributed by atoms with E-state index >= 15 is 0 Å². The highest BCUT2D eigenvalue weighted by atomic mass is 16.5. The lowest BCUT2D eigenvalue weighted by atomic mass is 10.0. The van der Waals surface area contributed by atoms with Crippen molar-refractivity contribution < 1.29 is 4.74 Å². The molecule has 0 bridgehead atoms. The summed E-state index contributed by atoms with van der Waals surface area (Å²) in [5.41, 5.74) is 0. The molecule has 0 aliphatic rings. The summed E-state index contributed by atoms with van der Waals surface area (Å²) in [5.74, 6) is 0.899. The fraction of sp³-hybridized carbons (Fsp3) is 1.00. The molecule has 0 amide bonds. The van der Waals surface area contributed by atoms with Crippen molar-refractivity contribution in [3.05, 3.63) is 0 Å². The molecule has 1 heteroatoms. The predicted molar refractivity (Wildman–Crippen MR) is 54.4 cm³/mol. The second-order valence-corrected chi connectivity index (χ2v) is 3.62. The van der Waals surface area contributed by atoms with E-state index in [4.69, 9.17) is 4.74 Å². The average molecular weight is 172 g/mol. The maximum absolute atomic E-state index is 5.40. The Morgan fingerprint density at radius 2 is 1.83 bits per heavy atom. The molecule has 1 nitrogen and oxygen atoms in total. The first-order valence-electron chi connectivity index (χ1n) is 5.39. The molecule has 12 heavy (non-hydrogen) atoms.